The Morgan fingerprint density at radius 3 is 2.58 bits per heavy atom. The van der Waals surface area contributed by atoms with Crippen LogP contribution in [-0.4, -0.2) is 45.8 Å². The number of rotatable bonds is 11. The van der Waals surface area contributed by atoms with Crippen LogP contribution in [0.1, 0.15) is 69.8 Å². The van der Waals surface area contributed by atoms with Crippen LogP contribution in [0.2, 0.25) is 0 Å². The molecule has 1 aromatic heterocycles. The van der Waals surface area contributed by atoms with E-state index in [1.54, 1.807) is 11.1 Å². The smallest absolute Gasteiger partial charge is 0.274 e. The third kappa shape index (κ3) is 7.53. The minimum atomic E-state index is -0.157. The van der Waals surface area contributed by atoms with Crippen LogP contribution < -0.4 is 5.32 Å². The van der Waals surface area contributed by atoms with E-state index in [-0.39, 0.29) is 17.9 Å². The summed E-state index contributed by atoms with van der Waals surface area (Å²) < 4.78 is 0. The van der Waals surface area contributed by atoms with Crippen LogP contribution in [0.4, 0.5) is 0 Å². The van der Waals surface area contributed by atoms with E-state index < -0.39 is 0 Å². The molecule has 0 aliphatic heterocycles. The van der Waals surface area contributed by atoms with Gasteiger partial charge in [-0.3, -0.25) is 14.6 Å². The summed E-state index contributed by atoms with van der Waals surface area (Å²) in [7, 11) is 0. The van der Waals surface area contributed by atoms with E-state index in [1.165, 1.54) is 12.4 Å². The molecule has 0 aliphatic rings. The second-order valence-corrected chi connectivity index (χ2v) is 6.07. The van der Waals surface area contributed by atoms with Crippen molar-refractivity contribution >= 4 is 11.8 Å². The van der Waals surface area contributed by atoms with E-state index in [0.29, 0.717) is 25.2 Å². The Morgan fingerprint density at radius 2 is 1.96 bits per heavy atom. The highest BCUT2D eigenvalue weighted by atomic mass is 16.2. The molecule has 0 aromatic carbocycles. The fourth-order valence-corrected chi connectivity index (χ4v) is 2.30. The molecule has 134 valence electrons. The van der Waals surface area contributed by atoms with Crippen molar-refractivity contribution in [2.24, 2.45) is 0 Å². The van der Waals surface area contributed by atoms with Crippen molar-refractivity contribution in [3.05, 3.63) is 24.3 Å². The molecule has 1 atom stereocenters. The average molecular weight is 334 g/mol. The molecule has 0 bridgehead atoms. The van der Waals surface area contributed by atoms with Gasteiger partial charge in [0.05, 0.1) is 6.20 Å². The predicted molar refractivity (Wildman–Crippen MR) is 94.6 cm³/mol. The summed E-state index contributed by atoms with van der Waals surface area (Å²) in [5.41, 5.74) is 0.329. The highest BCUT2D eigenvalue weighted by molar-refractivity contribution is 5.92. The fraction of sp³-hybridized carbons (Fsp3) is 0.667. The van der Waals surface area contributed by atoms with Gasteiger partial charge >= 0.3 is 0 Å². The Bertz CT molecular complexity index is 493. The molecule has 6 heteroatoms. The van der Waals surface area contributed by atoms with Crippen LogP contribution in [0.15, 0.2) is 18.6 Å². The highest BCUT2D eigenvalue weighted by Crippen LogP contribution is 2.06. The first-order valence-corrected chi connectivity index (χ1v) is 8.93. The maximum Gasteiger partial charge on any atom is 0.274 e. The Labute approximate surface area is 145 Å². The minimum Gasteiger partial charge on any atom is -0.354 e. The van der Waals surface area contributed by atoms with Gasteiger partial charge in [-0.05, 0) is 19.8 Å². The van der Waals surface area contributed by atoms with Crippen LogP contribution in [0.3, 0.4) is 0 Å². The standard InChI is InChI=1S/C18H30N4O2/c1-4-6-7-8-12-22(13-9-17(23)21-15(3)5-2)18(24)16-14-19-10-11-20-16/h10-11,14-15H,4-9,12-13H2,1-3H3,(H,21,23)/t15-/m1/s1. The molecule has 2 amide bonds. The van der Waals surface area contributed by atoms with E-state index in [9.17, 15) is 9.59 Å². The Morgan fingerprint density at radius 1 is 1.17 bits per heavy atom. The molecule has 0 radical (unpaired) electrons. The van der Waals surface area contributed by atoms with Crippen molar-refractivity contribution in [2.45, 2.75) is 65.3 Å². The normalized spacial score (nSPS) is 11.8. The van der Waals surface area contributed by atoms with Crippen LogP contribution in [-0.2, 0) is 4.79 Å². The first kappa shape index (κ1) is 20.1. The Balaban J connectivity index is 2.60. The first-order chi connectivity index (χ1) is 11.6. The lowest BCUT2D eigenvalue weighted by Crippen LogP contribution is -2.38. The lowest BCUT2D eigenvalue weighted by Gasteiger charge is -2.22. The third-order valence-electron chi connectivity index (χ3n) is 3.98. The van der Waals surface area contributed by atoms with Crippen LogP contribution >= 0.6 is 0 Å². The first-order valence-electron chi connectivity index (χ1n) is 8.93. The van der Waals surface area contributed by atoms with Crippen molar-refractivity contribution in [1.29, 1.82) is 0 Å². The third-order valence-corrected chi connectivity index (χ3v) is 3.98. The van der Waals surface area contributed by atoms with Crippen LogP contribution in [0.25, 0.3) is 0 Å². The van der Waals surface area contributed by atoms with E-state index in [2.05, 4.69) is 22.2 Å². The van der Waals surface area contributed by atoms with Gasteiger partial charge < -0.3 is 10.2 Å². The van der Waals surface area contributed by atoms with Gasteiger partial charge in [-0.2, -0.15) is 0 Å². The summed E-state index contributed by atoms with van der Waals surface area (Å²) in [5, 5.41) is 2.94. The number of hydrogen-bond acceptors (Lipinski definition) is 4. The average Bonchev–Trinajstić information content (AvgIpc) is 2.61. The predicted octanol–water partition coefficient (Wildman–Crippen LogP) is 2.80. The number of aromatic nitrogens is 2. The quantitative estimate of drug-likeness (QED) is 0.631. The van der Waals surface area contributed by atoms with E-state index in [0.717, 1.165) is 32.1 Å². The number of carbonyl (C=O) groups excluding carboxylic acids is 2. The molecule has 0 spiro atoms. The maximum atomic E-state index is 12.6. The molecule has 0 unspecified atom stereocenters. The van der Waals surface area contributed by atoms with Gasteiger partial charge in [-0.1, -0.05) is 33.1 Å². The molecule has 0 saturated heterocycles. The van der Waals surface area contributed by atoms with Gasteiger partial charge in [0.2, 0.25) is 5.91 Å². The van der Waals surface area contributed by atoms with Crippen molar-refractivity contribution in [2.75, 3.05) is 13.1 Å². The minimum absolute atomic E-state index is 0.0187. The molecule has 1 N–H and O–H groups in total. The van der Waals surface area contributed by atoms with Gasteiger partial charge in [-0.15, -0.1) is 0 Å². The van der Waals surface area contributed by atoms with Gasteiger partial charge in [-0.25, -0.2) is 4.98 Å². The number of unbranched alkanes of at least 4 members (excludes halogenated alkanes) is 3. The Hall–Kier alpha value is -1.98. The van der Waals surface area contributed by atoms with Crippen molar-refractivity contribution < 1.29 is 9.59 Å². The Kier molecular flexibility index (Phi) is 9.65. The highest BCUT2D eigenvalue weighted by Gasteiger charge is 2.18. The van der Waals surface area contributed by atoms with Gasteiger partial charge in [0.25, 0.3) is 5.91 Å². The second-order valence-electron chi connectivity index (χ2n) is 6.07. The summed E-state index contributed by atoms with van der Waals surface area (Å²) in [6, 6.07) is 0.159. The number of carbonyl (C=O) groups is 2. The molecule has 1 heterocycles. The molecule has 0 saturated carbocycles. The second kappa shape index (κ2) is 11.5. The van der Waals surface area contributed by atoms with Crippen molar-refractivity contribution in [3.8, 4) is 0 Å². The number of nitrogens with one attached hydrogen (secondary N) is 1. The lowest BCUT2D eigenvalue weighted by atomic mass is 10.2. The summed E-state index contributed by atoms with van der Waals surface area (Å²) in [5.74, 6) is -0.175. The van der Waals surface area contributed by atoms with Gasteiger partial charge in [0, 0.05) is 37.9 Å². The van der Waals surface area contributed by atoms with Crippen LogP contribution in [0, 0.1) is 0 Å². The summed E-state index contributed by atoms with van der Waals surface area (Å²) >= 11 is 0. The molecule has 0 aliphatic carbocycles. The monoisotopic (exact) mass is 334 g/mol. The molecule has 6 nitrogen and oxygen atoms in total. The molecule has 0 fully saturated rings. The van der Waals surface area contributed by atoms with E-state index in [4.69, 9.17) is 0 Å². The largest absolute Gasteiger partial charge is 0.354 e. The number of hydrogen-bond donors (Lipinski definition) is 1. The van der Waals surface area contributed by atoms with Gasteiger partial charge in [0.15, 0.2) is 0 Å². The van der Waals surface area contributed by atoms with E-state index >= 15 is 0 Å². The summed E-state index contributed by atoms with van der Waals surface area (Å²) in [6.45, 7) is 7.21. The zero-order valence-electron chi connectivity index (χ0n) is 15.1. The summed E-state index contributed by atoms with van der Waals surface area (Å²) in [4.78, 5) is 34.3. The van der Waals surface area contributed by atoms with Crippen molar-refractivity contribution in [1.82, 2.24) is 20.2 Å². The zero-order chi connectivity index (χ0) is 17.8. The summed E-state index contributed by atoms with van der Waals surface area (Å²) in [6.07, 6.45) is 10.1. The molecule has 1 rings (SSSR count). The zero-order valence-corrected chi connectivity index (χ0v) is 15.1. The molecular weight excluding hydrogens is 304 g/mol. The lowest BCUT2D eigenvalue weighted by molar-refractivity contribution is -0.121. The van der Waals surface area contributed by atoms with Gasteiger partial charge in [0.1, 0.15) is 5.69 Å². The fourth-order valence-electron chi connectivity index (χ4n) is 2.30. The topological polar surface area (TPSA) is 75.2 Å². The van der Waals surface area contributed by atoms with Crippen LogP contribution in [0.5, 0.6) is 0 Å². The molecule has 24 heavy (non-hydrogen) atoms. The van der Waals surface area contributed by atoms with E-state index in [1.807, 2.05) is 13.8 Å². The molecular formula is C18H30N4O2. The maximum absolute atomic E-state index is 12.6. The number of amides is 2. The molecule has 1 aromatic rings. The number of nitrogens with zero attached hydrogens (tertiary/aromatic N) is 3. The SMILES string of the molecule is CCCCCCN(CCC(=O)N[C@H](C)CC)C(=O)c1cnccn1. The van der Waals surface area contributed by atoms with Crippen molar-refractivity contribution in [3.63, 3.8) is 0 Å².